The lowest BCUT2D eigenvalue weighted by atomic mass is 10.1. The molecule has 0 aliphatic rings. The zero-order valence-corrected chi connectivity index (χ0v) is 10.4. The van der Waals surface area contributed by atoms with Gasteiger partial charge >= 0.3 is 0 Å². The van der Waals surface area contributed by atoms with Crippen LogP contribution in [0, 0.1) is 11.6 Å². The Bertz CT molecular complexity index is 433. The van der Waals surface area contributed by atoms with Crippen LogP contribution in [0.5, 0.6) is 0 Å². The monoisotopic (exact) mass is 260 g/mol. The van der Waals surface area contributed by atoms with Gasteiger partial charge in [-0.25, -0.2) is 8.78 Å². The topological polar surface area (TPSA) is 34.1 Å². The van der Waals surface area contributed by atoms with E-state index in [0.717, 1.165) is 31.0 Å². The lowest BCUT2D eigenvalue weighted by Crippen LogP contribution is -2.15. The summed E-state index contributed by atoms with van der Waals surface area (Å²) >= 11 is 0. The van der Waals surface area contributed by atoms with Crippen molar-refractivity contribution in [2.75, 3.05) is 11.5 Å². The summed E-state index contributed by atoms with van der Waals surface area (Å²) in [6.07, 6.45) is 1.64. The molecule has 1 atom stereocenters. The molecule has 0 heterocycles. The summed E-state index contributed by atoms with van der Waals surface area (Å²) in [5.74, 6) is -1.89. The van der Waals surface area contributed by atoms with Crippen molar-refractivity contribution in [3.05, 3.63) is 35.4 Å². The SMILES string of the molecule is CCCCS(=O)CC(=O)c1cc(F)ccc1F. The molecule has 0 aliphatic heterocycles. The minimum Gasteiger partial charge on any atom is -0.293 e. The minimum atomic E-state index is -1.30. The van der Waals surface area contributed by atoms with Crippen LogP contribution < -0.4 is 0 Å². The van der Waals surface area contributed by atoms with Gasteiger partial charge in [-0.2, -0.15) is 0 Å². The average molecular weight is 260 g/mol. The van der Waals surface area contributed by atoms with E-state index in [4.69, 9.17) is 0 Å². The molecule has 1 aromatic rings. The number of rotatable bonds is 6. The maximum Gasteiger partial charge on any atom is 0.178 e. The number of hydrogen-bond donors (Lipinski definition) is 0. The van der Waals surface area contributed by atoms with Gasteiger partial charge in [0.2, 0.25) is 0 Å². The Morgan fingerprint density at radius 3 is 2.71 bits per heavy atom. The second kappa shape index (κ2) is 6.59. The largest absolute Gasteiger partial charge is 0.293 e. The third-order valence-electron chi connectivity index (χ3n) is 2.25. The van der Waals surface area contributed by atoms with Crippen LogP contribution in [0.4, 0.5) is 8.78 Å². The molecule has 0 spiro atoms. The molecule has 0 saturated carbocycles. The van der Waals surface area contributed by atoms with E-state index in [1.165, 1.54) is 0 Å². The maximum absolute atomic E-state index is 13.2. The van der Waals surface area contributed by atoms with Gasteiger partial charge in [-0.05, 0) is 24.6 Å². The molecule has 0 radical (unpaired) electrons. The third kappa shape index (κ3) is 4.34. The van der Waals surface area contributed by atoms with Crippen molar-refractivity contribution >= 4 is 16.6 Å². The number of halogens is 2. The Kier molecular flexibility index (Phi) is 5.41. The van der Waals surface area contributed by atoms with E-state index in [2.05, 4.69) is 0 Å². The van der Waals surface area contributed by atoms with Crippen LogP contribution in [0.3, 0.4) is 0 Å². The first-order chi connectivity index (χ1) is 8.04. The molecule has 0 aliphatic carbocycles. The van der Waals surface area contributed by atoms with E-state index < -0.39 is 28.2 Å². The van der Waals surface area contributed by atoms with Crippen molar-refractivity contribution in [3.63, 3.8) is 0 Å². The molecule has 0 aromatic heterocycles. The second-order valence-electron chi connectivity index (χ2n) is 3.69. The summed E-state index contributed by atoms with van der Waals surface area (Å²) in [6, 6.07) is 2.69. The predicted octanol–water partition coefficient (Wildman–Crippen LogP) is 2.70. The summed E-state index contributed by atoms with van der Waals surface area (Å²) in [6.45, 7) is 1.95. The zero-order valence-electron chi connectivity index (χ0n) is 9.54. The fourth-order valence-electron chi connectivity index (χ4n) is 1.31. The molecule has 1 unspecified atom stereocenters. The van der Waals surface area contributed by atoms with E-state index in [0.29, 0.717) is 5.75 Å². The Morgan fingerprint density at radius 2 is 2.06 bits per heavy atom. The highest BCUT2D eigenvalue weighted by Gasteiger charge is 2.15. The van der Waals surface area contributed by atoms with E-state index in [1.54, 1.807) is 0 Å². The van der Waals surface area contributed by atoms with E-state index >= 15 is 0 Å². The Morgan fingerprint density at radius 1 is 1.35 bits per heavy atom. The van der Waals surface area contributed by atoms with Gasteiger partial charge in [0, 0.05) is 16.6 Å². The van der Waals surface area contributed by atoms with Crippen LogP contribution in [-0.4, -0.2) is 21.5 Å². The molecule has 0 fully saturated rings. The van der Waals surface area contributed by atoms with Gasteiger partial charge in [0.1, 0.15) is 11.6 Å². The lowest BCUT2D eigenvalue weighted by Gasteiger charge is -2.03. The standard InChI is InChI=1S/C12H14F2O2S/c1-2-3-6-17(16)8-12(15)10-7-9(13)4-5-11(10)14/h4-5,7H,2-3,6,8H2,1H3. The first-order valence-electron chi connectivity index (χ1n) is 5.37. The summed E-state index contributed by atoms with van der Waals surface area (Å²) in [5, 5.41) is 0. The summed E-state index contributed by atoms with van der Waals surface area (Å²) in [7, 11) is -1.30. The van der Waals surface area contributed by atoms with Crippen molar-refractivity contribution in [1.82, 2.24) is 0 Å². The normalized spacial score (nSPS) is 12.4. The molecule has 5 heteroatoms. The summed E-state index contributed by atoms with van der Waals surface area (Å²) in [5.41, 5.74) is -0.324. The van der Waals surface area contributed by atoms with Crippen LogP contribution >= 0.6 is 0 Å². The highest BCUT2D eigenvalue weighted by atomic mass is 32.2. The van der Waals surface area contributed by atoms with Crippen molar-refractivity contribution in [2.24, 2.45) is 0 Å². The molecule has 0 amide bonds. The van der Waals surface area contributed by atoms with Gasteiger partial charge in [0.25, 0.3) is 0 Å². The van der Waals surface area contributed by atoms with Crippen molar-refractivity contribution < 1.29 is 17.8 Å². The first-order valence-corrected chi connectivity index (χ1v) is 6.86. The van der Waals surface area contributed by atoms with Crippen LogP contribution in [0.25, 0.3) is 0 Å². The molecule has 0 bridgehead atoms. The molecule has 0 N–H and O–H groups in total. The van der Waals surface area contributed by atoms with Gasteiger partial charge in [-0.1, -0.05) is 13.3 Å². The van der Waals surface area contributed by atoms with E-state index in [-0.39, 0.29) is 11.3 Å². The molecule has 2 nitrogen and oxygen atoms in total. The fraction of sp³-hybridized carbons (Fsp3) is 0.417. The van der Waals surface area contributed by atoms with Crippen molar-refractivity contribution in [2.45, 2.75) is 19.8 Å². The number of benzene rings is 1. The zero-order chi connectivity index (χ0) is 12.8. The van der Waals surface area contributed by atoms with Gasteiger partial charge in [0.15, 0.2) is 5.78 Å². The van der Waals surface area contributed by atoms with Gasteiger partial charge in [-0.15, -0.1) is 0 Å². The van der Waals surface area contributed by atoms with E-state index in [1.807, 2.05) is 6.92 Å². The Balaban J connectivity index is 2.69. The molecular formula is C12H14F2O2S. The Labute approximate surface area is 101 Å². The summed E-state index contributed by atoms with van der Waals surface area (Å²) < 4.78 is 37.5. The van der Waals surface area contributed by atoms with E-state index in [9.17, 15) is 17.8 Å². The highest BCUT2D eigenvalue weighted by molar-refractivity contribution is 7.85. The van der Waals surface area contributed by atoms with Crippen molar-refractivity contribution in [1.29, 1.82) is 0 Å². The first kappa shape index (κ1) is 14.0. The average Bonchev–Trinajstić information content (AvgIpc) is 2.29. The van der Waals surface area contributed by atoms with Crippen LogP contribution in [0.1, 0.15) is 30.1 Å². The molecule has 94 valence electrons. The predicted molar refractivity (Wildman–Crippen MR) is 63.5 cm³/mol. The van der Waals surface area contributed by atoms with Gasteiger partial charge in [0.05, 0.1) is 11.3 Å². The van der Waals surface area contributed by atoms with Crippen LogP contribution in [0.15, 0.2) is 18.2 Å². The molecular weight excluding hydrogens is 246 g/mol. The quantitative estimate of drug-likeness (QED) is 0.737. The number of ketones is 1. The highest BCUT2D eigenvalue weighted by Crippen LogP contribution is 2.11. The van der Waals surface area contributed by atoms with Crippen molar-refractivity contribution in [3.8, 4) is 0 Å². The number of carbonyl (C=O) groups is 1. The van der Waals surface area contributed by atoms with Gasteiger partial charge < -0.3 is 0 Å². The number of unbranched alkanes of at least 4 members (excludes halogenated alkanes) is 1. The lowest BCUT2D eigenvalue weighted by molar-refractivity contribution is 0.101. The third-order valence-corrected chi connectivity index (χ3v) is 3.57. The number of carbonyl (C=O) groups excluding carboxylic acids is 1. The van der Waals surface area contributed by atoms with Crippen LogP contribution in [0.2, 0.25) is 0 Å². The van der Waals surface area contributed by atoms with Crippen LogP contribution in [-0.2, 0) is 10.8 Å². The maximum atomic E-state index is 13.2. The number of Topliss-reactive ketones (excluding diaryl/α,β-unsaturated/α-hetero) is 1. The second-order valence-corrected chi connectivity index (χ2v) is 5.27. The van der Waals surface area contributed by atoms with Gasteiger partial charge in [-0.3, -0.25) is 9.00 Å². The molecule has 17 heavy (non-hydrogen) atoms. The fourth-order valence-corrected chi connectivity index (χ4v) is 2.52. The number of hydrogen-bond acceptors (Lipinski definition) is 2. The minimum absolute atomic E-state index is 0.250. The molecule has 0 saturated heterocycles. The summed E-state index contributed by atoms with van der Waals surface area (Å²) in [4.78, 5) is 11.6. The Hall–Kier alpha value is -1.10. The molecule has 1 rings (SSSR count). The smallest absolute Gasteiger partial charge is 0.178 e. The molecule has 1 aromatic carbocycles.